The van der Waals surface area contributed by atoms with Crippen molar-refractivity contribution >= 4 is 15.8 Å². The van der Waals surface area contributed by atoms with E-state index in [0.717, 1.165) is 6.54 Å². The molecule has 0 spiro atoms. The number of likely N-dealkylation sites (N-methyl/N-ethyl adjacent to an activating group) is 1. The molecule has 6 nitrogen and oxygen atoms in total. The van der Waals surface area contributed by atoms with E-state index in [1.807, 2.05) is 7.05 Å². The van der Waals surface area contributed by atoms with Crippen molar-refractivity contribution in [2.24, 2.45) is 4.99 Å². The molecule has 0 fully saturated rings. The molecule has 0 unspecified atom stereocenters. The fourth-order valence-electron chi connectivity index (χ4n) is 2.19. The largest absolute Gasteiger partial charge is 0.355 e. The lowest BCUT2D eigenvalue weighted by atomic mass is 10.1. The monoisotopic (exact) mass is 372 g/mol. The quantitative estimate of drug-likeness (QED) is 0.533. The number of halogens is 1. The molecule has 0 amide bonds. The van der Waals surface area contributed by atoms with Crippen LogP contribution in [-0.4, -0.2) is 58.8 Å². The molecule has 0 aliphatic heterocycles. The second kappa shape index (κ2) is 9.72. The van der Waals surface area contributed by atoms with Crippen LogP contribution in [0.15, 0.2) is 23.2 Å². The highest BCUT2D eigenvalue weighted by Gasteiger charge is 2.11. The van der Waals surface area contributed by atoms with Gasteiger partial charge in [-0.05, 0) is 44.2 Å². The first-order valence-corrected chi connectivity index (χ1v) is 10.3. The number of aliphatic imine (C=N–C) groups is 1. The number of sulfone groups is 1. The van der Waals surface area contributed by atoms with Crippen molar-refractivity contribution in [1.29, 1.82) is 0 Å². The molecule has 25 heavy (non-hydrogen) atoms. The SMILES string of the molecule is CN=C(NCCN(C)C(C)C)NCc1cc(F)ccc1CS(C)(=O)=O. The van der Waals surface area contributed by atoms with Gasteiger partial charge in [-0.1, -0.05) is 6.07 Å². The van der Waals surface area contributed by atoms with E-state index in [1.54, 1.807) is 7.05 Å². The lowest BCUT2D eigenvalue weighted by Crippen LogP contribution is -2.41. The number of hydrogen-bond acceptors (Lipinski definition) is 4. The molecule has 0 atom stereocenters. The van der Waals surface area contributed by atoms with Crippen LogP contribution in [-0.2, 0) is 22.1 Å². The maximum absolute atomic E-state index is 13.5. The Morgan fingerprint density at radius 3 is 2.52 bits per heavy atom. The molecule has 142 valence electrons. The molecule has 0 bridgehead atoms. The Bertz CT molecular complexity index is 690. The third kappa shape index (κ3) is 8.31. The summed E-state index contributed by atoms with van der Waals surface area (Å²) >= 11 is 0. The zero-order valence-electron chi connectivity index (χ0n) is 15.6. The standard InChI is InChI=1S/C17H29FN4O2S/c1-13(2)22(4)9-8-20-17(19-3)21-11-15-10-16(18)7-6-14(15)12-25(5,23)24/h6-7,10,13H,8-9,11-12H2,1-5H3,(H2,19,20,21). The molecular formula is C17H29FN4O2S. The zero-order valence-corrected chi connectivity index (χ0v) is 16.5. The molecule has 1 rings (SSSR count). The van der Waals surface area contributed by atoms with Crippen LogP contribution in [0.25, 0.3) is 0 Å². The molecule has 1 aromatic rings. The first-order valence-electron chi connectivity index (χ1n) is 8.22. The van der Waals surface area contributed by atoms with Gasteiger partial charge in [-0.3, -0.25) is 4.99 Å². The van der Waals surface area contributed by atoms with Crippen molar-refractivity contribution in [2.45, 2.75) is 32.2 Å². The number of benzene rings is 1. The lowest BCUT2D eigenvalue weighted by Gasteiger charge is -2.21. The van der Waals surface area contributed by atoms with Gasteiger partial charge in [-0.25, -0.2) is 12.8 Å². The van der Waals surface area contributed by atoms with Gasteiger partial charge < -0.3 is 15.5 Å². The highest BCUT2D eigenvalue weighted by atomic mass is 32.2. The van der Waals surface area contributed by atoms with E-state index >= 15 is 0 Å². The Hall–Kier alpha value is -1.67. The Balaban J connectivity index is 2.67. The molecule has 0 saturated heterocycles. The summed E-state index contributed by atoms with van der Waals surface area (Å²) in [5, 5.41) is 6.29. The second-order valence-electron chi connectivity index (χ2n) is 6.41. The number of rotatable bonds is 8. The molecule has 0 aliphatic rings. The van der Waals surface area contributed by atoms with Gasteiger partial charge >= 0.3 is 0 Å². The summed E-state index contributed by atoms with van der Waals surface area (Å²) in [7, 11) is 0.515. The average Bonchev–Trinajstić information content (AvgIpc) is 2.51. The van der Waals surface area contributed by atoms with Crippen LogP contribution < -0.4 is 10.6 Å². The van der Waals surface area contributed by atoms with Crippen LogP contribution in [0.4, 0.5) is 4.39 Å². The number of nitrogens with zero attached hydrogens (tertiary/aromatic N) is 2. The van der Waals surface area contributed by atoms with E-state index in [-0.39, 0.29) is 5.75 Å². The molecular weight excluding hydrogens is 343 g/mol. The summed E-state index contributed by atoms with van der Waals surface area (Å²) in [6.07, 6.45) is 1.17. The minimum Gasteiger partial charge on any atom is -0.355 e. The van der Waals surface area contributed by atoms with E-state index in [9.17, 15) is 12.8 Å². The van der Waals surface area contributed by atoms with Crippen LogP contribution in [0.5, 0.6) is 0 Å². The third-order valence-electron chi connectivity index (χ3n) is 3.89. The summed E-state index contributed by atoms with van der Waals surface area (Å²) < 4.78 is 36.6. The highest BCUT2D eigenvalue weighted by Crippen LogP contribution is 2.14. The van der Waals surface area contributed by atoms with Crippen LogP contribution in [0.3, 0.4) is 0 Å². The maximum Gasteiger partial charge on any atom is 0.191 e. The predicted molar refractivity (Wildman–Crippen MR) is 101 cm³/mol. The topological polar surface area (TPSA) is 73.8 Å². The summed E-state index contributed by atoms with van der Waals surface area (Å²) in [6.45, 7) is 6.12. The summed E-state index contributed by atoms with van der Waals surface area (Å²) in [5.74, 6) is 0.0810. The molecule has 0 radical (unpaired) electrons. The minimum atomic E-state index is -3.19. The maximum atomic E-state index is 13.5. The summed E-state index contributed by atoms with van der Waals surface area (Å²) in [5.41, 5.74) is 1.19. The van der Waals surface area contributed by atoms with Gasteiger partial charge in [0.25, 0.3) is 0 Å². The number of hydrogen-bond donors (Lipinski definition) is 2. The Kier molecular flexibility index (Phi) is 8.31. The zero-order chi connectivity index (χ0) is 19.0. The first-order chi connectivity index (χ1) is 11.6. The summed E-state index contributed by atoms with van der Waals surface area (Å²) in [4.78, 5) is 6.34. The van der Waals surface area contributed by atoms with Crippen LogP contribution in [0, 0.1) is 5.82 Å². The van der Waals surface area contributed by atoms with Crippen molar-refractivity contribution in [3.63, 3.8) is 0 Å². The molecule has 1 aromatic carbocycles. The van der Waals surface area contributed by atoms with Gasteiger partial charge in [0, 0.05) is 39.0 Å². The molecule has 0 aliphatic carbocycles. The van der Waals surface area contributed by atoms with Crippen LogP contribution >= 0.6 is 0 Å². The van der Waals surface area contributed by atoms with Gasteiger partial charge in [-0.2, -0.15) is 0 Å². The normalized spacial score (nSPS) is 12.7. The fourth-order valence-corrected chi connectivity index (χ4v) is 3.04. The van der Waals surface area contributed by atoms with E-state index < -0.39 is 15.7 Å². The Labute approximate surface area is 150 Å². The van der Waals surface area contributed by atoms with Crippen molar-refractivity contribution in [3.8, 4) is 0 Å². The van der Waals surface area contributed by atoms with E-state index in [1.165, 1.54) is 24.5 Å². The Morgan fingerprint density at radius 1 is 1.28 bits per heavy atom. The molecule has 2 N–H and O–H groups in total. The van der Waals surface area contributed by atoms with Crippen molar-refractivity contribution < 1.29 is 12.8 Å². The molecule has 0 saturated carbocycles. The fraction of sp³-hybridized carbons (Fsp3) is 0.588. The second-order valence-corrected chi connectivity index (χ2v) is 8.55. The molecule has 8 heteroatoms. The van der Waals surface area contributed by atoms with Crippen molar-refractivity contribution in [1.82, 2.24) is 15.5 Å². The van der Waals surface area contributed by atoms with Crippen molar-refractivity contribution in [3.05, 3.63) is 35.1 Å². The van der Waals surface area contributed by atoms with Crippen LogP contribution in [0.1, 0.15) is 25.0 Å². The van der Waals surface area contributed by atoms with E-state index in [0.29, 0.717) is 36.2 Å². The predicted octanol–water partition coefficient (Wildman–Crippen LogP) is 1.38. The van der Waals surface area contributed by atoms with Crippen LogP contribution in [0.2, 0.25) is 0 Å². The van der Waals surface area contributed by atoms with Gasteiger partial charge in [0.05, 0.1) is 5.75 Å². The average molecular weight is 373 g/mol. The molecule has 0 aromatic heterocycles. The molecule has 0 heterocycles. The van der Waals surface area contributed by atoms with Crippen molar-refractivity contribution in [2.75, 3.05) is 33.4 Å². The minimum absolute atomic E-state index is 0.116. The van der Waals surface area contributed by atoms with E-state index in [4.69, 9.17) is 0 Å². The first kappa shape index (κ1) is 21.4. The Morgan fingerprint density at radius 2 is 1.96 bits per heavy atom. The lowest BCUT2D eigenvalue weighted by molar-refractivity contribution is 0.278. The highest BCUT2D eigenvalue weighted by molar-refractivity contribution is 7.89. The van der Waals surface area contributed by atoms with Gasteiger partial charge in [0.15, 0.2) is 15.8 Å². The van der Waals surface area contributed by atoms with Gasteiger partial charge in [-0.15, -0.1) is 0 Å². The van der Waals surface area contributed by atoms with Gasteiger partial charge in [0.2, 0.25) is 0 Å². The number of nitrogens with one attached hydrogen (secondary N) is 2. The van der Waals surface area contributed by atoms with E-state index in [2.05, 4.69) is 34.4 Å². The third-order valence-corrected chi connectivity index (χ3v) is 4.73. The summed E-state index contributed by atoms with van der Waals surface area (Å²) in [6, 6.07) is 4.61. The van der Waals surface area contributed by atoms with Gasteiger partial charge in [0.1, 0.15) is 5.82 Å². The smallest absolute Gasteiger partial charge is 0.191 e. The number of guanidine groups is 1.